The average molecular weight is 426 g/mol. The molecular formula is C22H23N3O2S2. The molecule has 2 amide bonds. The van der Waals surface area contributed by atoms with Gasteiger partial charge in [0, 0.05) is 23.2 Å². The molecule has 0 bridgehead atoms. The summed E-state index contributed by atoms with van der Waals surface area (Å²) in [6, 6.07) is 14.0. The maximum Gasteiger partial charge on any atom is 0.225 e. The van der Waals surface area contributed by atoms with Crippen molar-refractivity contribution in [2.45, 2.75) is 32.9 Å². The van der Waals surface area contributed by atoms with Gasteiger partial charge in [-0.2, -0.15) is 0 Å². The first-order valence-electron chi connectivity index (χ1n) is 9.64. The Morgan fingerprint density at radius 1 is 1.28 bits per heavy atom. The summed E-state index contributed by atoms with van der Waals surface area (Å²) in [6.07, 6.45) is 0.275. The van der Waals surface area contributed by atoms with E-state index < -0.39 is 0 Å². The zero-order chi connectivity index (χ0) is 20.4. The second kappa shape index (κ2) is 8.47. The standard InChI is InChI=1S/C22H23N3O2S2/c1-14(16-6-4-3-5-7-16)25-12-17(10-21(25)26)22(27)23-11-18-8-9-20(29-18)19-13-28-15(2)24-19/h3-9,13-14,17H,10-12H2,1-2H3,(H,23,27)/t14-,17+/m0/s1. The smallest absolute Gasteiger partial charge is 0.225 e. The number of hydrogen-bond acceptors (Lipinski definition) is 5. The fraction of sp³-hybridized carbons (Fsp3) is 0.318. The molecule has 1 fully saturated rings. The molecule has 0 spiro atoms. The molecular weight excluding hydrogens is 402 g/mol. The van der Waals surface area contributed by atoms with Crippen molar-refractivity contribution in [1.82, 2.24) is 15.2 Å². The Morgan fingerprint density at radius 2 is 2.07 bits per heavy atom. The van der Waals surface area contributed by atoms with Crippen molar-refractivity contribution < 1.29 is 9.59 Å². The van der Waals surface area contributed by atoms with Crippen LogP contribution in [0.3, 0.4) is 0 Å². The molecule has 2 atom stereocenters. The van der Waals surface area contributed by atoms with Crippen molar-refractivity contribution >= 4 is 34.5 Å². The second-order valence-corrected chi connectivity index (χ2v) is 9.50. The van der Waals surface area contributed by atoms with E-state index in [-0.39, 0.29) is 30.2 Å². The van der Waals surface area contributed by atoms with Gasteiger partial charge in [-0.25, -0.2) is 4.98 Å². The molecule has 0 unspecified atom stereocenters. The Balaban J connectivity index is 1.34. The Labute approximate surface area is 178 Å². The SMILES string of the molecule is Cc1nc(-c2ccc(CNC(=O)[C@@H]3CC(=O)N([C@@H](C)c4ccccc4)C3)s2)cs1. The van der Waals surface area contributed by atoms with Crippen LogP contribution < -0.4 is 5.32 Å². The number of nitrogens with one attached hydrogen (secondary N) is 1. The van der Waals surface area contributed by atoms with Crippen LogP contribution in [-0.4, -0.2) is 28.2 Å². The van der Waals surface area contributed by atoms with Crippen LogP contribution in [-0.2, 0) is 16.1 Å². The van der Waals surface area contributed by atoms with E-state index in [4.69, 9.17) is 0 Å². The fourth-order valence-electron chi connectivity index (χ4n) is 3.60. The molecule has 29 heavy (non-hydrogen) atoms. The first-order chi connectivity index (χ1) is 14.0. The average Bonchev–Trinajstić information content (AvgIpc) is 3.46. The molecule has 1 aliphatic rings. The molecule has 0 saturated carbocycles. The minimum atomic E-state index is -0.297. The van der Waals surface area contributed by atoms with Gasteiger partial charge in [0.2, 0.25) is 11.8 Å². The lowest BCUT2D eigenvalue weighted by Gasteiger charge is -2.25. The highest BCUT2D eigenvalue weighted by molar-refractivity contribution is 7.16. The molecule has 3 heterocycles. The Hall–Kier alpha value is -2.51. The van der Waals surface area contributed by atoms with E-state index in [0.29, 0.717) is 13.1 Å². The van der Waals surface area contributed by atoms with Crippen LogP contribution in [0.4, 0.5) is 0 Å². The zero-order valence-electron chi connectivity index (χ0n) is 16.4. The van der Waals surface area contributed by atoms with Gasteiger partial charge >= 0.3 is 0 Å². The number of nitrogens with zero attached hydrogens (tertiary/aromatic N) is 2. The van der Waals surface area contributed by atoms with Gasteiger partial charge in [0.25, 0.3) is 0 Å². The number of carbonyl (C=O) groups excluding carboxylic acids is 2. The van der Waals surface area contributed by atoms with Crippen molar-refractivity contribution in [3.63, 3.8) is 0 Å². The largest absolute Gasteiger partial charge is 0.351 e. The molecule has 1 saturated heterocycles. The summed E-state index contributed by atoms with van der Waals surface area (Å²) < 4.78 is 0. The van der Waals surface area contributed by atoms with Crippen LogP contribution >= 0.6 is 22.7 Å². The van der Waals surface area contributed by atoms with Crippen molar-refractivity contribution in [3.05, 3.63) is 63.3 Å². The van der Waals surface area contributed by atoms with Gasteiger partial charge in [0.1, 0.15) is 0 Å². The molecule has 0 aliphatic carbocycles. The van der Waals surface area contributed by atoms with E-state index in [9.17, 15) is 9.59 Å². The van der Waals surface area contributed by atoms with Crippen molar-refractivity contribution in [1.29, 1.82) is 0 Å². The Morgan fingerprint density at radius 3 is 2.79 bits per heavy atom. The number of amides is 2. The molecule has 4 rings (SSSR count). The number of rotatable bonds is 6. The topological polar surface area (TPSA) is 62.3 Å². The quantitative estimate of drug-likeness (QED) is 0.636. The second-order valence-electron chi connectivity index (χ2n) is 7.27. The van der Waals surface area contributed by atoms with Gasteiger partial charge < -0.3 is 10.2 Å². The highest BCUT2D eigenvalue weighted by Gasteiger charge is 2.36. The van der Waals surface area contributed by atoms with Crippen LogP contribution in [0, 0.1) is 12.8 Å². The molecule has 1 N–H and O–H groups in total. The lowest BCUT2D eigenvalue weighted by Crippen LogP contribution is -2.33. The fourth-order valence-corrected chi connectivity index (χ4v) is 5.19. The number of carbonyl (C=O) groups is 2. The van der Waals surface area contributed by atoms with Crippen molar-refractivity contribution in [3.8, 4) is 10.6 Å². The number of hydrogen-bond donors (Lipinski definition) is 1. The first-order valence-corrected chi connectivity index (χ1v) is 11.3. The molecule has 2 aromatic heterocycles. The van der Waals surface area contributed by atoms with Crippen molar-refractivity contribution in [2.75, 3.05) is 6.54 Å². The number of thiophene rings is 1. The molecule has 5 nitrogen and oxygen atoms in total. The maximum atomic E-state index is 12.7. The van der Waals surface area contributed by atoms with Crippen LogP contribution in [0.25, 0.3) is 10.6 Å². The Kier molecular flexibility index (Phi) is 5.78. The highest BCUT2D eigenvalue weighted by Crippen LogP contribution is 2.30. The Bertz CT molecular complexity index is 1010. The van der Waals surface area contributed by atoms with Crippen LogP contribution in [0.1, 0.15) is 34.8 Å². The third-order valence-electron chi connectivity index (χ3n) is 5.25. The highest BCUT2D eigenvalue weighted by atomic mass is 32.1. The number of thiazole rings is 1. The summed E-state index contributed by atoms with van der Waals surface area (Å²) in [4.78, 5) is 33.6. The molecule has 0 radical (unpaired) electrons. The lowest BCUT2D eigenvalue weighted by molar-refractivity contribution is -0.130. The minimum Gasteiger partial charge on any atom is -0.351 e. The van der Waals surface area contributed by atoms with E-state index >= 15 is 0 Å². The lowest BCUT2D eigenvalue weighted by atomic mass is 10.1. The van der Waals surface area contributed by atoms with Gasteiger partial charge in [-0.15, -0.1) is 22.7 Å². The predicted molar refractivity (Wildman–Crippen MR) is 117 cm³/mol. The van der Waals surface area contributed by atoms with E-state index in [1.807, 2.05) is 61.2 Å². The van der Waals surface area contributed by atoms with Crippen LogP contribution in [0.2, 0.25) is 0 Å². The normalized spacial score (nSPS) is 17.5. The van der Waals surface area contributed by atoms with Gasteiger partial charge in [0.05, 0.1) is 34.1 Å². The monoisotopic (exact) mass is 425 g/mol. The van der Waals surface area contributed by atoms with Crippen molar-refractivity contribution in [2.24, 2.45) is 5.92 Å². The van der Waals surface area contributed by atoms with Crippen LogP contribution in [0.5, 0.6) is 0 Å². The predicted octanol–water partition coefficient (Wildman–Crippen LogP) is 4.41. The third-order valence-corrected chi connectivity index (χ3v) is 7.13. The zero-order valence-corrected chi connectivity index (χ0v) is 18.1. The first kappa shape index (κ1) is 19.8. The minimum absolute atomic E-state index is 0.0251. The van der Waals surface area contributed by atoms with E-state index in [1.165, 1.54) is 0 Å². The molecule has 1 aliphatic heterocycles. The van der Waals surface area contributed by atoms with E-state index in [1.54, 1.807) is 22.7 Å². The summed E-state index contributed by atoms with van der Waals surface area (Å²) >= 11 is 3.27. The summed E-state index contributed by atoms with van der Waals surface area (Å²) in [5, 5.41) is 6.10. The van der Waals surface area contributed by atoms with E-state index in [2.05, 4.69) is 15.7 Å². The number of benzene rings is 1. The number of aromatic nitrogens is 1. The molecule has 1 aromatic carbocycles. The summed E-state index contributed by atoms with van der Waals surface area (Å²) in [7, 11) is 0. The van der Waals surface area contributed by atoms with Crippen LogP contribution in [0.15, 0.2) is 47.8 Å². The number of aryl methyl sites for hydroxylation is 1. The molecule has 7 heteroatoms. The van der Waals surface area contributed by atoms with Gasteiger partial charge in [0.15, 0.2) is 0 Å². The maximum absolute atomic E-state index is 12.7. The summed E-state index contributed by atoms with van der Waals surface area (Å²) in [5.74, 6) is -0.311. The molecule has 3 aromatic rings. The molecule has 150 valence electrons. The third kappa shape index (κ3) is 4.41. The van der Waals surface area contributed by atoms with E-state index in [0.717, 1.165) is 26.0 Å². The van der Waals surface area contributed by atoms with Gasteiger partial charge in [-0.3, -0.25) is 9.59 Å². The van der Waals surface area contributed by atoms with Gasteiger partial charge in [-0.05, 0) is 31.5 Å². The number of likely N-dealkylation sites (tertiary alicyclic amines) is 1. The van der Waals surface area contributed by atoms with Gasteiger partial charge in [-0.1, -0.05) is 30.3 Å². The summed E-state index contributed by atoms with van der Waals surface area (Å²) in [5.41, 5.74) is 2.08. The summed E-state index contributed by atoms with van der Waals surface area (Å²) in [6.45, 7) is 4.95.